The molecule has 146 valence electrons. The molecule has 3 fully saturated rings. The van der Waals surface area contributed by atoms with E-state index in [9.17, 15) is 9.59 Å². The van der Waals surface area contributed by atoms with Crippen molar-refractivity contribution in [2.24, 2.45) is 11.8 Å². The van der Waals surface area contributed by atoms with Gasteiger partial charge < -0.3 is 9.80 Å². The Kier molecular flexibility index (Phi) is 4.62. The van der Waals surface area contributed by atoms with Crippen LogP contribution in [0.15, 0.2) is 35.4 Å². The Morgan fingerprint density at radius 1 is 1.14 bits per heavy atom. The van der Waals surface area contributed by atoms with E-state index >= 15 is 0 Å². The van der Waals surface area contributed by atoms with Crippen LogP contribution >= 0.6 is 11.3 Å². The largest absolute Gasteiger partial charge is 0.338 e. The van der Waals surface area contributed by atoms with Crippen LogP contribution in [0, 0.1) is 11.8 Å². The molecule has 0 radical (unpaired) electrons. The molecule has 28 heavy (non-hydrogen) atoms. The quantitative estimate of drug-likeness (QED) is 0.800. The molecule has 3 aliphatic rings. The molecule has 7 heteroatoms. The van der Waals surface area contributed by atoms with Crippen molar-refractivity contribution in [3.8, 4) is 0 Å². The minimum Gasteiger partial charge on any atom is -0.338 e. The van der Waals surface area contributed by atoms with Gasteiger partial charge in [0.2, 0.25) is 5.91 Å². The van der Waals surface area contributed by atoms with Crippen molar-refractivity contribution in [3.63, 3.8) is 0 Å². The van der Waals surface area contributed by atoms with Gasteiger partial charge in [0.1, 0.15) is 5.69 Å². The van der Waals surface area contributed by atoms with Gasteiger partial charge in [0, 0.05) is 55.8 Å². The summed E-state index contributed by atoms with van der Waals surface area (Å²) in [5, 5.41) is 4.30. The molecule has 4 heterocycles. The first-order chi connectivity index (χ1) is 13.7. The van der Waals surface area contributed by atoms with Crippen LogP contribution in [-0.4, -0.2) is 57.3 Å². The standard InChI is InChI=1S/C21H24N4O2S/c26-20(14-2-1-3-14)25-12-16(15-5-9-28-13-15)17-11-24(8-4-19(17)25)21(27)18-10-22-6-7-23-18/h5-7,9-10,13-14,16-17,19H,1-4,8,11-12H2/t16-,17-,19-/m0/s1. The number of aromatic nitrogens is 2. The van der Waals surface area contributed by atoms with E-state index < -0.39 is 0 Å². The van der Waals surface area contributed by atoms with Gasteiger partial charge in [0.15, 0.2) is 0 Å². The molecule has 0 spiro atoms. The second kappa shape index (κ2) is 7.28. The second-order valence-electron chi connectivity index (χ2n) is 8.14. The summed E-state index contributed by atoms with van der Waals surface area (Å²) in [5.41, 5.74) is 1.70. The van der Waals surface area contributed by atoms with Crippen LogP contribution in [0.5, 0.6) is 0 Å². The molecule has 0 aromatic carbocycles. The predicted molar refractivity (Wildman–Crippen MR) is 106 cm³/mol. The van der Waals surface area contributed by atoms with Crippen LogP contribution in [0.1, 0.15) is 47.7 Å². The molecule has 3 atom stereocenters. The van der Waals surface area contributed by atoms with E-state index in [1.165, 1.54) is 18.2 Å². The Morgan fingerprint density at radius 2 is 2.04 bits per heavy atom. The molecule has 5 rings (SSSR count). The summed E-state index contributed by atoms with van der Waals surface area (Å²) < 4.78 is 0. The highest BCUT2D eigenvalue weighted by Crippen LogP contribution is 2.44. The van der Waals surface area contributed by atoms with Crippen LogP contribution in [0.25, 0.3) is 0 Å². The maximum absolute atomic E-state index is 13.1. The zero-order valence-corrected chi connectivity index (χ0v) is 16.6. The maximum Gasteiger partial charge on any atom is 0.274 e. The van der Waals surface area contributed by atoms with Gasteiger partial charge in [-0.1, -0.05) is 6.42 Å². The monoisotopic (exact) mass is 396 g/mol. The van der Waals surface area contributed by atoms with Crippen molar-refractivity contribution in [1.82, 2.24) is 19.8 Å². The van der Waals surface area contributed by atoms with Crippen LogP contribution < -0.4 is 0 Å². The van der Waals surface area contributed by atoms with E-state index in [1.54, 1.807) is 23.7 Å². The zero-order chi connectivity index (χ0) is 19.1. The van der Waals surface area contributed by atoms with Crippen LogP contribution in [0.4, 0.5) is 0 Å². The number of carbonyl (C=O) groups excluding carboxylic acids is 2. The van der Waals surface area contributed by atoms with E-state index in [4.69, 9.17) is 0 Å². The molecule has 2 aromatic heterocycles. The summed E-state index contributed by atoms with van der Waals surface area (Å²) in [6.45, 7) is 2.13. The third-order valence-electron chi connectivity index (χ3n) is 6.71. The summed E-state index contributed by atoms with van der Waals surface area (Å²) in [6.07, 6.45) is 8.76. The lowest BCUT2D eigenvalue weighted by Gasteiger charge is -2.40. The first-order valence-electron chi connectivity index (χ1n) is 10.1. The van der Waals surface area contributed by atoms with Crippen molar-refractivity contribution in [3.05, 3.63) is 46.7 Å². The van der Waals surface area contributed by atoms with Crippen LogP contribution in [0.2, 0.25) is 0 Å². The Hall–Kier alpha value is -2.28. The van der Waals surface area contributed by atoms with Gasteiger partial charge in [-0.2, -0.15) is 11.3 Å². The van der Waals surface area contributed by atoms with Crippen molar-refractivity contribution >= 4 is 23.2 Å². The summed E-state index contributed by atoms with van der Waals surface area (Å²) in [5.74, 6) is 1.10. The molecular weight excluding hydrogens is 372 g/mol. The van der Waals surface area contributed by atoms with Gasteiger partial charge in [-0.15, -0.1) is 0 Å². The minimum absolute atomic E-state index is 0.0561. The molecule has 2 aliphatic heterocycles. The Balaban J connectivity index is 1.39. The number of amides is 2. The van der Waals surface area contributed by atoms with Crippen molar-refractivity contribution in [2.45, 2.75) is 37.6 Å². The van der Waals surface area contributed by atoms with E-state index in [-0.39, 0.29) is 23.8 Å². The lowest BCUT2D eigenvalue weighted by atomic mass is 9.82. The number of hydrogen-bond donors (Lipinski definition) is 0. The molecule has 1 saturated carbocycles. The fourth-order valence-electron chi connectivity index (χ4n) is 4.97. The van der Waals surface area contributed by atoms with E-state index in [0.29, 0.717) is 30.6 Å². The van der Waals surface area contributed by atoms with Crippen molar-refractivity contribution in [1.29, 1.82) is 0 Å². The number of carbonyl (C=O) groups is 2. The smallest absolute Gasteiger partial charge is 0.274 e. The van der Waals surface area contributed by atoms with Gasteiger partial charge >= 0.3 is 0 Å². The molecule has 0 unspecified atom stereocenters. The van der Waals surface area contributed by atoms with Gasteiger partial charge in [-0.05, 0) is 41.7 Å². The molecule has 2 amide bonds. The minimum atomic E-state index is -0.0561. The van der Waals surface area contributed by atoms with Gasteiger partial charge in [-0.3, -0.25) is 14.6 Å². The molecule has 6 nitrogen and oxygen atoms in total. The highest BCUT2D eigenvalue weighted by atomic mass is 32.1. The number of rotatable bonds is 3. The summed E-state index contributed by atoms with van der Waals surface area (Å²) in [4.78, 5) is 38.2. The number of nitrogens with zero attached hydrogens (tertiary/aromatic N) is 4. The number of thiophene rings is 1. The van der Waals surface area contributed by atoms with Gasteiger partial charge in [0.05, 0.1) is 6.20 Å². The van der Waals surface area contributed by atoms with E-state index in [0.717, 1.165) is 25.8 Å². The molecule has 1 aliphatic carbocycles. The number of likely N-dealkylation sites (tertiary alicyclic amines) is 2. The lowest BCUT2D eigenvalue weighted by molar-refractivity contribution is -0.139. The summed E-state index contributed by atoms with van der Waals surface area (Å²) >= 11 is 1.70. The number of piperidine rings is 1. The van der Waals surface area contributed by atoms with Crippen molar-refractivity contribution in [2.75, 3.05) is 19.6 Å². The third-order valence-corrected chi connectivity index (χ3v) is 7.41. The molecular formula is C21H24N4O2S. The predicted octanol–water partition coefficient (Wildman–Crippen LogP) is 2.79. The SMILES string of the molecule is O=C(c1cnccn1)N1CC[C@H]2[C@@H](C1)[C@H](c1ccsc1)CN2C(=O)C1CCC1. The first-order valence-corrected chi connectivity index (χ1v) is 11.0. The van der Waals surface area contributed by atoms with Crippen molar-refractivity contribution < 1.29 is 9.59 Å². The topological polar surface area (TPSA) is 66.4 Å². The summed E-state index contributed by atoms with van der Waals surface area (Å²) in [7, 11) is 0. The van der Waals surface area contributed by atoms with E-state index in [1.807, 2.05) is 4.90 Å². The molecule has 2 aromatic rings. The normalized spacial score (nSPS) is 27.4. The maximum atomic E-state index is 13.1. The average Bonchev–Trinajstić information content (AvgIpc) is 3.34. The Bertz CT molecular complexity index is 853. The zero-order valence-electron chi connectivity index (χ0n) is 15.7. The average molecular weight is 397 g/mol. The number of fused-ring (bicyclic) bond motifs is 1. The molecule has 0 N–H and O–H groups in total. The Labute approximate surface area is 168 Å². The third kappa shape index (κ3) is 3.02. The number of hydrogen-bond acceptors (Lipinski definition) is 5. The van der Waals surface area contributed by atoms with Crippen LogP contribution in [0.3, 0.4) is 0 Å². The molecule has 2 saturated heterocycles. The van der Waals surface area contributed by atoms with Gasteiger partial charge in [-0.25, -0.2) is 4.98 Å². The molecule has 0 bridgehead atoms. The summed E-state index contributed by atoms with van der Waals surface area (Å²) in [6, 6.07) is 2.41. The lowest BCUT2D eigenvalue weighted by Crippen LogP contribution is -2.51. The first kappa shape index (κ1) is 17.8. The highest BCUT2D eigenvalue weighted by molar-refractivity contribution is 7.08. The van der Waals surface area contributed by atoms with Crippen LogP contribution in [-0.2, 0) is 4.79 Å². The highest BCUT2D eigenvalue weighted by Gasteiger charge is 2.49. The van der Waals surface area contributed by atoms with Gasteiger partial charge in [0.25, 0.3) is 5.91 Å². The fraction of sp³-hybridized carbons (Fsp3) is 0.524. The fourth-order valence-corrected chi connectivity index (χ4v) is 5.70. The Morgan fingerprint density at radius 3 is 2.71 bits per heavy atom. The second-order valence-corrected chi connectivity index (χ2v) is 8.92. The van der Waals surface area contributed by atoms with E-state index in [2.05, 4.69) is 31.7 Å².